The fourth-order valence-electron chi connectivity index (χ4n) is 6.06. The summed E-state index contributed by atoms with van der Waals surface area (Å²) in [6.45, 7) is 8.72. The van der Waals surface area contributed by atoms with Gasteiger partial charge in [0.15, 0.2) is 22.5 Å². The number of halogens is 1. The first-order valence-corrected chi connectivity index (χ1v) is 17.2. The average molecular weight is 622 g/mol. The molecule has 0 radical (unpaired) electrons. The van der Waals surface area contributed by atoms with Gasteiger partial charge in [0.1, 0.15) is 9.84 Å². The van der Waals surface area contributed by atoms with Crippen LogP contribution in [0.4, 0.5) is 11.6 Å². The van der Waals surface area contributed by atoms with Crippen LogP contribution < -0.4 is 16.0 Å². The number of carbonyl (C=O) groups is 1. The first-order chi connectivity index (χ1) is 20.0. The Bertz CT molecular complexity index is 1320. The predicted molar refractivity (Wildman–Crippen MR) is 167 cm³/mol. The number of aromatic nitrogens is 2. The van der Waals surface area contributed by atoms with Gasteiger partial charge < -0.3 is 21.1 Å². The van der Waals surface area contributed by atoms with Crippen LogP contribution in [0.15, 0.2) is 24.3 Å². The Hall–Kier alpha value is -2.51. The number of anilines is 2. The molecular formula is C29H44ClN7O4S. The number of likely N-dealkylation sites (tertiary alicyclic amines) is 1. The van der Waals surface area contributed by atoms with E-state index in [4.69, 9.17) is 17.3 Å². The highest BCUT2D eigenvalue weighted by Gasteiger charge is 2.35. The largest absolute Gasteiger partial charge is 0.394 e. The summed E-state index contributed by atoms with van der Waals surface area (Å²) in [5, 5.41) is 12.9. The van der Waals surface area contributed by atoms with Crippen LogP contribution in [0.1, 0.15) is 60.3 Å². The minimum Gasteiger partial charge on any atom is -0.394 e. The molecule has 2 atom stereocenters. The Labute approximate surface area is 254 Å². The van der Waals surface area contributed by atoms with Gasteiger partial charge in [0, 0.05) is 57.6 Å². The average Bonchev–Trinajstić information content (AvgIpc) is 2.97. The lowest BCUT2D eigenvalue weighted by molar-refractivity contribution is 0.0356. The van der Waals surface area contributed by atoms with Crippen LogP contribution in [0, 0.1) is 6.92 Å². The van der Waals surface area contributed by atoms with Crippen molar-refractivity contribution in [3.05, 3.63) is 46.2 Å². The maximum Gasteiger partial charge on any atom is 0.273 e. The number of aryl methyl sites for hydroxylation is 1. The molecule has 11 nitrogen and oxygen atoms in total. The number of piperidine rings is 1. The molecule has 0 spiro atoms. The topological polar surface area (TPSA) is 145 Å². The number of benzene rings is 1. The van der Waals surface area contributed by atoms with Crippen molar-refractivity contribution >= 4 is 39.0 Å². The number of nitrogens with zero attached hydrogens (tertiary/aromatic N) is 5. The number of aliphatic hydroxyl groups excluding tert-OH is 1. The van der Waals surface area contributed by atoms with Crippen LogP contribution in [0.3, 0.4) is 0 Å². The number of sulfone groups is 1. The monoisotopic (exact) mass is 621 g/mol. The molecule has 232 valence electrons. The molecule has 0 bridgehead atoms. The molecule has 2 aromatic rings. The number of nitrogens with one attached hydrogen (secondary N) is 1. The molecule has 2 saturated heterocycles. The number of nitrogen functional groups attached to an aromatic ring is 1. The number of rotatable bonds is 11. The second-order valence-electron chi connectivity index (χ2n) is 11.4. The van der Waals surface area contributed by atoms with Crippen LogP contribution >= 0.6 is 11.6 Å². The minimum absolute atomic E-state index is 0.00937. The first-order valence-electron chi connectivity index (χ1n) is 14.7. The molecule has 0 aliphatic carbocycles. The highest BCUT2D eigenvalue weighted by atomic mass is 35.5. The van der Waals surface area contributed by atoms with Crippen molar-refractivity contribution in [2.45, 2.75) is 57.7 Å². The fraction of sp³-hybridized carbons (Fsp3) is 0.621. The van der Waals surface area contributed by atoms with E-state index in [0.717, 1.165) is 57.3 Å². The zero-order valence-corrected chi connectivity index (χ0v) is 26.4. The van der Waals surface area contributed by atoms with Crippen LogP contribution in [-0.4, -0.2) is 109 Å². The van der Waals surface area contributed by atoms with E-state index in [1.807, 2.05) is 0 Å². The van der Waals surface area contributed by atoms with Crippen molar-refractivity contribution in [2.75, 3.05) is 68.5 Å². The van der Waals surface area contributed by atoms with Gasteiger partial charge in [0.05, 0.1) is 18.4 Å². The highest BCUT2D eigenvalue weighted by molar-refractivity contribution is 7.90. The lowest BCUT2D eigenvalue weighted by Gasteiger charge is -2.48. The summed E-state index contributed by atoms with van der Waals surface area (Å²) in [5.41, 5.74) is 8.45. The van der Waals surface area contributed by atoms with E-state index in [2.05, 4.69) is 68.1 Å². The molecule has 2 aliphatic rings. The first kappa shape index (κ1) is 32.4. The molecule has 13 heteroatoms. The zero-order valence-electron chi connectivity index (χ0n) is 24.8. The SMILES string of the molecule is CC[C@H]1CN(c2nc(N)c(C(=O)NCCCS(C)(=O)=O)nc2Cl)CCN1C1CCN([C@@H](CO)c2ccc(C)cc2)CC1. The van der Waals surface area contributed by atoms with Crippen molar-refractivity contribution < 1.29 is 18.3 Å². The van der Waals surface area contributed by atoms with E-state index in [-0.39, 0.29) is 41.6 Å². The molecule has 2 fully saturated rings. The number of nitrogens with two attached hydrogens (primary N) is 1. The van der Waals surface area contributed by atoms with Crippen LogP contribution in [0.2, 0.25) is 5.15 Å². The Morgan fingerprint density at radius 1 is 1.17 bits per heavy atom. The maximum atomic E-state index is 12.6. The van der Waals surface area contributed by atoms with E-state index < -0.39 is 15.7 Å². The lowest BCUT2D eigenvalue weighted by atomic mass is 9.95. The van der Waals surface area contributed by atoms with Crippen molar-refractivity contribution in [1.29, 1.82) is 0 Å². The summed E-state index contributed by atoms with van der Waals surface area (Å²) in [4.78, 5) is 28.4. The van der Waals surface area contributed by atoms with Crippen molar-refractivity contribution in [3.63, 3.8) is 0 Å². The van der Waals surface area contributed by atoms with Gasteiger partial charge >= 0.3 is 0 Å². The summed E-state index contributed by atoms with van der Waals surface area (Å²) in [5.74, 6) is -0.0890. The minimum atomic E-state index is -3.10. The molecular weight excluding hydrogens is 578 g/mol. The van der Waals surface area contributed by atoms with E-state index in [9.17, 15) is 18.3 Å². The van der Waals surface area contributed by atoms with E-state index in [1.54, 1.807) is 0 Å². The molecule has 3 heterocycles. The molecule has 1 aromatic heterocycles. The van der Waals surface area contributed by atoms with Gasteiger partial charge in [-0.1, -0.05) is 48.4 Å². The standard InChI is InChI=1S/C29H44ClN7O4S/c1-4-22-18-36(28-26(30)33-25(27(31)34-28)29(39)32-12-5-17-42(3,40)41)15-16-37(22)23-10-13-35(14-11-23)24(19-38)21-8-6-20(2)7-9-21/h6-9,22-24,38H,4-5,10-19H2,1-3H3,(H2,31,34)(H,32,39)/t22-,24-/m0/s1. The molecule has 4 N–H and O–H groups in total. The Kier molecular flexibility index (Phi) is 11.0. The van der Waals surface area contributed by atoms with Gasteiger partial charge in [0.2, 0.25) is 0 Å². The summed E-state index contributed by atoms with van der Waals surface area (Å²) in [7, 11) is -3.10. The number of carbonyl (C=O) groups excluding carboxylic acids is 1. The quantitative estimate of drug-likeness (QED) is 0.320. The third kappa shape index (κ3) is 8.10. The van der Waals surface area contributed by atoms with Crippen molar-refractivity contribution in [2.24, 2.45) is 0 Å². The molecule has 1 aromatic carbocycles. The summed E-state index contributed by atoms with van der Waals surface area (Å²) in [6.07, 6.45) is 4.50. The van der Waals surface area contributed by atoms with Crippen LogP contribution in [0.5, 0.6) is 0 Å². The Balaban J connectivity index is 1.35. The van der Waals surface area contributed by atoms with E-state index >= 15 is 0 Å². The van der Waals surface area contributed by atoms with Gasteiger partial charge in [-0.2, -0.15) is 0 Å². The highest BCUT2D eigenvalue weighted by Crippen LogP contribution is 2.31. The number of aliphatic hydroxyl groups is 1. The molecule has 1 amide bonds. The second kappa shape index (κ2) is 14.3. The summed E-state index contributed by atoms with van der Waals surface area (Å²) < 4.78 is 22.6. The van der Waals surface area contributed by atoms with Crippen LogP contribution in [0.25, 0.3) is 0 Å². The molecule has 42 heavy (non-hydrogen) atoms. The van der Waals surface area contributed by atoms with Crippen LogP contribution in [-0.2, 0) is 9.84 Å². The molecule has 4 rings (SSSR count). The smallest absolute Gasteiger partial charge is 0.273 e. The lowest BCUT2D eigenvalue weighted by Crippen LogP contribution is -2.58. The number of amides is 1. The van der Waals surface area contributed by atoms with E-state index in [0.29, 0.717) is 30.9 Å². The Morgan fingerprint density at radius 3 is 2.48 bits per heavy atom. The molecule has 0 saturated carbocycles. The fourth-order valence-corrected chi connectivity index (χ4v) is 6.98. The van der Waals surface area contributed by atoms with Crippen molar-refractivity contribution in [3.8, 4) is 0 Å². The second-order valence-corrected chi connectivity index (χ2v) is 14.1. The summed E-state index contributed by atoms with van der Waals surface area (Å²) >= 11 is 6.52. The Morgan fingerprint density at radius 2 is 1.86 bits per heavy atom. The normalized spacial score (nSPS) is 20.0. The zero-order chi connectivity index (χ0) is 30.4. The number of piperazine rings is 1. The summed E-state index contributed by atoms with van der Waals surface area (Å²) in [6, 6.07) is 9.24. The molecule has 2 aliphatic heterocycles. The third-order valence-electron chi connectivity index (χ3n) is 8.40. The van der Waals surface area contributed by atoms with Gasteiger partial charge in [-0.05, 0) is 38.2 Å². The van der Waals surface area contributed by atoms with E-state index in [1.165, 1.54) is 5.56 Å². The van der Waals surface area contributed by atoms with Gasteiger partial charge in [-0.3, -0.25) is 14.6 Å². The maximum absolute atomic E-state index is 12.6. The third-order valence-corrected chi connectivity index (χ3v) is 9.68. The molecule has 0 unspecified atom stereocenters. The van der Waals surface area contributed by atoms with Gasteiger partial charge in [-0.15, -0.1) is 0 Å². The number of hydrogen-bond acceptors (Lipinski definition) is 10. The van der Waals surface area contributed by atoms with Crippen molar-refractivity contribution in [1.82, 2.24) is 25.1 Å². The van der Waals surface area contributed by atoms with Gasteiger partial charge in [-0.25, -0.2) is 18.4 Å². The predicted octanol–water partition coefficient (Wildman–Crippen LogP) is 2.28. The number of hydrogen-bond donors (Lipinski definition) is 3. The van der Waals surface area contributed by atoms with Gasteiger partial charge in [0.25, 0.3) is 5.91 Å².